The van der Waals surface area contributed by atoms with Crippen molar-refractivity contribution >= 4 is 52.4 Å². The number of hydrogen-bond acceptors (Lipinski definition) is 14. The first-order valence-electron chi connectivity index (χ1n) is 20.1. The summed E-state index contributed by atoms with van der Waals surface area (Å²) in [5, 5.41) is 0. The van der Waals surface area contributed by atoms with Crippen molar-refractivity contribution in [3.05, 3.63) is 52.2 Å². The Morgan fingerprint density at radius 2 is 1.21 bits per heavy atom. The molecule has 0 aromatic carbocycles. The number of anilines is 2. The largest absolute Gasteiger partial charge is 0.496 e. The summed E-state index contributed by atoms with van der Waals surface area (Å²) in [4.78, 5) is 36.8. The summed E-state index contributed by atoms with van der Waals surface area (Å²) >= 11 is 3.25. The van der Waals surface area contributed by atoms with E-state index in [2.05, 4.69) is 32.0 Å². The maximum atomic E-state index is 12.6. The number of nitrogen functional groups attached to an aromatic ring is 2. The Morgan fingerprint density at radius 1 is 0.754 bits per heavy atom. The molecule has 18 heteroatoms. The Labute approximate surface area is 370 Å². The summed E-state index contributed by atoms with van der Waals surface area (Å²) in [6.45, 7) is 21.4. The first-order chi connectivity index (χ1) is 27.9. The van der Waals surface area contributed by atoms with Crippen molar-refractivity contribution in [2.75, 3.05) is 52.1 Å². The Morgan fingerprint density at radius 3 is 1.66 bits per heavy atom. The highest BCUT2D eigenvalue weighted by Gasteiger charge is 2.54. The van der Waals surface area contributed by atoms with Crippen LogP contribution >= 0.6 is 15.9 Å². The molecule has 4 bridgehead atoms. The maximum Gasteiger partial charge on any atom is 0.490 e. The van der Waals surface area contributed by atoms with Gasteiger partial charge < -0.3 is 49.2 Å². The number of halogens is 1. The predicted molar refractivity (Wildman–Crippen MR) is 239 cm³/mol. The van der Waals surface area contributed by atoms with E-state index in [4.69, 9.17) is 49.2 Å². The second-order valence-corrected chi connectivity index (χ2v) is 19.1. The number of fused-ring (bicyclic) bond motifs is 4. The van der Waals surface area contributed by atoms with Crippen molar-refractivity contribution in [2.24, 2.45) is 0 Å². The van der Waals surface area contributed by atoms with Crippen LogP contribution < -0.4 is 20.9 Å². The van der Waals surface area contributed by atoms with E-state index >= 15 is 0 Å². The quantitative estimate of drug-likeness (QED) is 0.287. The lowest BCUT2D eigenvalue weighted by atomic mass is 9.71. The van der Waals surface area contributed by atoms with Gasteiger partial charge in [0.1, 0.15) is 34.3 Å². The second-order valence-electron chi connectivity index (χ2n) is 18.3. The summed E-state index contributed by atoms with van der Waals surface area (Å²) in [6, 6.07) is 2.94. The van der Waals surface area contributed by atoms with Crippen LogP contribution in [-0.2, 0) is 28.3 Å². The fraction of sp³-hybridized carbons (Fsp3) is 0.628. The summed E-state index contributed by atoms with van der Waals surface area (Å²) in [5.41, 5.74) is 12.4. The summed E-state index contributed by atoms with van der Waals surface area (Å²) in [5.74, 6) is 2.26. The van der Waals surface area contributed by atoms with Crippen molar-refractivity contribution in [2.45, 2.75) is 136 Å². The van der Waals surface area contributed by atoms with Gasteiger partial charge in [0, 0.05) is 30.1 Å². The Kier molecular flexibility index (Phi) is 15.9. The van der Waals surface area contributed by atoms with Gasteiger partial charge >= 0.3 is 19.3 Å². The third-order valence-electron chi connectivity index (χ3n) is 10.7. The smallest absolute Gasteiger partial charge is 0.490 e. The SMILES string of the molecule is C.CC(C)(C)OC(=O)N1C2C=C(B3OC(C)(C)C(C)(C)O3)CC1COC2.COc1cc(N)ncc1Br.COc1cc(N)ncc1C1=CC2COCC(C1)N2C(=O)OC(C)(C)C. The predicted octanol–water partition coefficient (Wildman–Crippen LogP) is 7.49. The lowest BCUT2D eigenvalue weighted by molar-refractivity contribution is -0.0532. The number of carbonyl (C=O) groups is 2. The molecule has 0 saturated carbocycles. The van der Waals surface area contributed by atoms with Gasteiger partial charge in [-0.15, -0.1) is 0 Å². The Hall–Kier alpha value is -4.10. The van der Waals surface area contributed by atoms with Crippen LogP contribution in [0.15, 0.2) is 46.6 Å². The van der Waals surface area contributed by atoms with E-state index in [1.807, 2.05) is 80.2 Å². The van der Waals surface area contributed by atoms with Crippen LogP contribution in [0, 0.1) is 0 Å². The number of amides is 2. The molecule has 0 spiro atoms. The molecule has 4 atom stereocenters. The number of nitrogens with two attached hydrogens (primary N) is 2. The molecule has 2 aromatic rings. The van der Waals surface area contributed by atoms with Crippen LogP contribution in [0.3, 0.4) is 0 Å². The van der Waals surface area contributed by atoms with Gasteiger partial charge in [0.2, 0.25) is 0 Å². The summed E-state index contributed by atoms with van der Waals surface area (Å²) < 4.78 is 46.0. The van der Waals surface area contributed by atoms with Gasteiger partial charge in [0.15, 0.2) is 0 Å². The zero-order valence-corrected chi connectivity index (χ0v) is 38.6. The van der Waals surface area contributed by atoms with Gasteiger partial charge in [0.25, 0.3) is 0 Å². The molecule has 2 aromatic heterocycles. The third-order valence-corrected chi connectivity index (χ3v) is 11.3. The van der Waals surface area contributed by atoms with E-state index in [0.29, 0.717) is 62.4 Å². The molecule has 16 nitrogen and oxygen atoms in total. The number of hydrogen-bond donors (Lipinski definition) is 2. The number of morpholine rings is 2. The molecule has 61 heavy (non-hydrogen) atoms. The molecule has 4 unspecified atom stereocenters. The summed E-state index contributed by atoms with van der Waals surface area (Å²) in [7, 11) is 2.83. The number of methoxy groups -OCH3 is 2. The highest BCUT2D eigenvalue weighted by Crippen LogP contribution is 2.42. The van der Waals surface area contributed by atoms with E-state index in [0.717, 1.165) is 21.1 Å². The van der Waals surface area contributed by atoms with E-state index in [1.165, 1.54) is 0 Å². The van der Waals surface area contributed by atoms with Crippen LogP contribution in [0.4, 0.5) is 21.2 Å². The molecule has 7 heterocycles. The van der Waals surface area contributed by atoms with Crippen LogP contribution in [0.5, 0.6) is 11.5 Å². The van der Waals surface area contributed by atoms with Crippen molar-refractivity contribution in [3.63, 3.8) is 0 Å². The standard InChI is InChI=1S/C18H30BNO5.C18H25N3O4.C6H7BrN2O.CH4/c1-16(2,3)23-15(21)20-13-8-12(9-14(20)11-22-10-13)19-24-17(4,5)18(6,7)25-19;1-18(2,3)25-17(22)21-12-5-11(6-13(21)10-24-9-12)14-8-20-16(19)7-15(14)23-4;1-10-5-2-6(8)9-3-4(5)7;/h8,13-14H,9-11H2,1-7H3;5,7-8,12-13H,6,9-10H2,1-4H3,(H2,19,20);2-3H,1H3,(H2,8,9);1H4. The molecule has 4 N–H and O–H groups in total. The number of ether oxygens (including phenoxy) is 6. The van der Waals surface area contributed by atoms with E-state index < -0.39 is 11.2 Å². The van der Waals surface area contributed by atoms with Gasteiger partial charge in [-0.05, 0) is 109 Å². The second kappa shape index (κ2) is 19.5. The molecule has 338 valence electrons. The van der Waals surface area contributed by atoms with Crippen LogP contribution in [-0.4, -0.2) is 126 Å². The number of rotatable bonds is 4. The minimum Gasteiger partial charge on any atom is -0.496 e. The van der Waals surface area contributed by atoms with Crippen LogP contribution in [0.25, 0.3) is 5.57 Å². The molecule has 2 amide bonds. The molecule has 3 fully saturated rings. The molecule has 5 aliphatic rings. The zero-order chi connectivity index (χ0) is 44.4. The molecular formula is C43H66BBrN6O10. The van der Waals surface area contributed by atoms with Crippen molar-refractivity contribution in [3.8, 4) is 11.5 Å². The molecule has 7 rings (SSSR count). The molecule has 3 saturated heterocycles. The third kappa shape index (κ3) is 12.3. The van der Waals surface area contributed by atoms with Gasteiger partial charge in [-0.3, -0.25) is 9.80 Å². The van der Waals surface area contributed by atoms with Gasteiger partial charge in [-0.1, -0.05) is 19.6 Å². The molecule has 0 aliphatic carbocycles. The zero-order valence-electron chi connectivity index (χ0n) is 37.0. The Balaban J connectivity index is 0.000000217. The Bertz CT molecular complexity index is 1920. The first kappa shape index (κ1) is 49.6. The van der Waals surface area contributed by atoms with E-state index in [1.54, 1.807) is 43.6 Å². The number of nitrogens with zero attached hydrogens (tertiary/aromatic N) is 4. The maximum absolute atomic E-state index is 12.6. The molecule has 0 radical (unpaired) electrons. The fourth-order valence-electron chi connectivity index (χ4n) is 7.25. The summed E-state index contributed by atoms with van der Waals surface area (Å²) in [6.07, 6.45) is 8.16. The van der Waals surface area contributed by atoms with Crippen molar-refractivity contribution in [1.82, 2.24) is 19.8 Å². The van der Waals surface area contributed by atoms with Gasteiger partial charge in [-0.25, -0.2) is 19.6 Å². The average molecular weight is 918 g/mol. The van der Waals surface area contributed by atoms with Crippen LogP contribution in [0.1, 0.15) is 95.1 Å². The minimum absolute atomic E-state index is 0. The lowest BCUT2D eigenvalue weighted by Gasteiger charge is -2.44. The lowest BCUT2D eigenvalue weighted by Crippen LogP contribution is -2.58. The normalized spacial score (nSPS) is 23.7. The fourth-order valence-corrected chi connectivity index (χ4v) is 7.62. The van der Waals surface area contributed by atoms with Crippen molar-refractivity contribution in [1.29, 1.82) is 0 Å². The monoisotopic (exact) mass is 916 g/mol. The van der Waals surface area contributed by atoms with Crippen LogP contribution in [0.2, 0.25) is 0 Å². The topological polar surface area (TPSA) is 192 Å². The van der Waals surface area contributed by atoms with Gasteiger partial charge in [0.05, 0.1) is 80.5 Å². The van der Waals surface area contributed by atoms with E-state index in [9.17, 15) is 9.59 Å². The van der Waals surface area contributed by atoms with Gasteiger partial charge in [-0.2, -0.15) is 0 Å². The molecular weight excluding hydrogens is 851 g/mol. The molecule has 5 aliphatic heterocycles. The van der Waals surface area contributed by atoms with E-state index in [-0.39, 0.29) is 62.1 Å². The minimum atomic E-state index is -0.527. The van der Waals surface area contributed by atoms with Crippen molar-refractivity contribution < 1.29 is 47.3 Å². The number of aromatic nitrogens is 2. The average Bonchev–Trinajstić information content (AvgIpc) is 3.36. The number of carbonyl (C=O) groups excluding carboxylic acids is 2. The number of pyridine rings is 2. The highest BCUT2D eigenvalue weighted by molar-refractivity contribution is 9.10. The first-order valence-corrected chi connectivity index (χ1v) is 20.9. The highest BCUT2D eigenvalue weighted by atomic mass is 79.9.